The number of aliphatic hydroxyl groups is 1. The third-order valence-corrected chi connectivity index (χ3v) is 8.33. The molecule has 0 aromatic heterocycles. The molecule has 0 bridgehead atoms. The van der Waals surface area contributed by atoms with Crippen LogP contribution in [0.3, 0.4) is 0 Å². The summed E-state index contributed by atoms with van der Waals surface area (Å²) in [4.78, 5) is 15.5. The number of hydrogen-bond donors (Lipinski definition) is 2. The molecule has 9 nitrogen and oxygen atoms in total. The van der Waals surface area contributed by atoms with E-state index in [2.05, 4.69) is 15.5 Å². The summed E-state index contributed by atoms with van der Waals surface area (Å²) >= 11 is 0. The summed E-state index contributed by atoms with van der Waals surface area (Å²) in [7, 11) is 7.21. The van der Waals surface area contributed by atoms with Gasteiger partial charge in [-0.3, -0.25) is 4.79 Å². The second-order valence-electron chi connectivity index (χ2n) is 11.8. The van der Waals surface area contributed by atoms with Gasteiger partial charge in [-0.2, -0.15) is 10.2 Å². The predicted molar refractivity (Wildman–Crippen MR) is 193 cm³/mol. The van der Waals surface area contributed by atoms with Gasteiger partial charge in [-0.25, -0.2) is 0 Å². The van der Waals surface area contributed by atoms with Gasteiger partial charge in [0.15, 0.2) is 0 Å². The number of amides is 1. The first-order valence-corrected chi connectivity index (χ1v) is 16.0. The van der Waals surface area contributed by atoms with Crippen LogP contribution in [-0.4, -0.2) is 58.1 Å². The van der Waals surface area contributed by atoms with E-state index in [0.717, 1.165) is 28.1 Å². The first-order chi connectivity index (χ1) is 23.7. The molecule has 0 saturated carbocycles. The van der Waals surface area contributed by atoms with Crippen molar-refractivity contribution in [1.82, 2.24) is 5.32 Å². The molecule has 0 aliphatic rings. The van der Waals surface area contributed by atoms with Crippen molar-refractivity contribution in [3.8, 4) is 11.5 Å². The highest BCUT2D eigenvalue weighted by atomic mass is 16.5. The summed E-state index contributed by atoms with van der Waals surface area (Å²) in [6.07, 6.45) is -0.920. The summed E-state index contributed by atoms with van der Waals surface area (Å²) in [6.45, 7) is 1.63. The lowest BCUT2D eigenvalue weighted by Crippen LogP contribution is -2.47. The molecule has 0 spiro atoms. The van der Waals surface area contributed by atoms with Gasteiger partial charge in [-0.05, 0) is 96.4 Å². The van der Waals surface area contributed by atoms with E-state index in [1.165, 1.54) is 0 Å². The lowest BCUT2D eigenvalue weighted by Gasteiger charge is -2.37. The topological polar surface area (TPSA) is 105 Å². The van der Waals surface area contributed by atoms with Crippen LogP contribution >= 0.6 is 0 Å². The zero-order chi connectivity index (χ0) is 34.8. The number of methoxy groups -OCH3 is 2. The van der Waals surface area contributed by atoms with Crippen LogP contribution in [0, 0.1) is 0 Å². The van der Waals surface area contributed by atoms with Crippen LogP contribution in [0.15, 0.2) is 138 Å². The fourth-order valence-corrected chi connectivity index (χ4v) is 5.45. The quantitative estimate of drug-likeness (QED) is 0.0937. The maximum Gasteiger partial charge on any atom is 0.251 e. The normalized spacial score (nSPS) is 12.7. The van der Waals surface area contributed by atoms with Gasteiger partial charge in [0.05, 0.1) is 44.3 Å². The Balaban J connectivity index is 1.39. The molecular weight excluding hydrogens is 616 g/mol. The molecular formula is C40H42N4O5. The highest BCUT2D eigenvalue weighted by molar-refractivity contribution is 5.94. The smallest absolute Gasteiger partial charge is 0.251 e. The Hall–Kier alpha value is -5.51. The number of carbonyl (C=O) groups excluding carboxylic acids is 1. The number of nitrogens with one attached hydrogen (secondary N) is 1. The average molecular weight is 659 g/mol. The van der Waals surface area contributed by atoms with E-state index in [1.807, 2.05) is 122 Å². The highest BCUT2D eigenvalue weighted by Crippen LogP contribution is 2.42. The summed E-state index contributed by atoms with van der Waals surface area (Å²) in [6, 6.07) is 39.1. The number of nitrogens with zero attached hydrogens (tertiary/aromatic N) is 3. The maximum atomic E-state index is 13.4. The van der Waals surface area contributed by atoms with Gasteiger partial charge < -0.3 is 29.5 Å². The molecule has 49 heavy (non-hydrogen) atoms. The molecule has 0 unspecified atom stereocenters. The minimum atomic E-state index is -1.10. The Morgan fingerprint density at radius 2 is 1.18 bits per heavy atom. The summed E-state index contributed by atoms with van der Waals surface area (Å²) < 4.78 is 17.8. The summed E-state index contributed by atoms with van der Waals surface area (Å²) in [5.74, 6) is 1.07. The molecule has 0 heterocycles. The van der Waals surface area contributed by atoms with E-state index in [0.29, 0.717) is 22.7 Å². The lowest BCUT2D eigenvalue weighted by molar-refractivity contribution is -0.0197. The average Bonchev–Trinajstić information content (AvgIpc) is 3.14. The van der Waals surface area contributed by atoms with Gasteiger partial charge >= 0.3 is 0 Å². The Kier molecular flexibility index (Phi) is 11.4. The van der Waals surface area contributed by atoms with Crippen LogP contribution in [0.1, 0.15) is 34.0 Å². The molecule has 252 valence electrons. The van der Waals surface area contributed by atoms with Gasteiger partial charge in [0, 0.05) is 25.3 Å². The van der Waals surface area contributed by atoms with E-state index in [1.54, 1.807) is 45.4 Å². The predicted octanol–water partition coefficient (Wildman–Crippen LogP) is 7.67. The molecule has 2 N–H and O–H groups in total. The Morgan fingerprint density at radius 3 is 1.63 bits per heavy atom. The van der Waals surface area contributed by atoms with Crippen molar-refractivity contribution in [2.75, 3.05) is 39.8 Å². The molecule has 9 heteroatoms. The highest BCUT2D eigenvalue weighted by Gasteiger charge is 2.39. The molecule has 0 aliphatic carbocycles. The molecule has 2 atom stereocenters. The van der Waals surface area contributed by atoms with E-state index in [-0.39, 0.29) is 12.5 Å². The van der Waals surface area contributed by atoms with Crippen molar-refractivity contribution in [2.24, 2.45) is 10.2 Å². The Bertz CT molecular complexity index is 1760. The molecule has 0 fully saturated rings. The van der Waals surface area contributed by atoms with E-state index in [9.17, 15) is 9.90 Å². The van der Waals surface area contributed by atoms with E-state index in [4.69, 9.17) is 14.2 Å². The largest absolute Gasteiger partial charge is 0.497 e. The molecule has 5 aromatic carbocycles. The lowest BCUT2D eigenvalue weighted by atomic mass is 9.80. The zero-order valence-electron chi connectivity index (χ0n) is 28.4. The van der Waals surface area contributed by atoms with Crippen molar-refractivity contribution >= 4 is 23.0 Å². The summed E-state index contributed by atoms with van der Waals surface area (Å²) in [5, 5.41) is 22.5. The Labute approximate surface area is 287 Å². The molecule has 0 saturated heterocycles. The second kappa shape index (κ2) is 16.1. The van der Waals surface area contributed by atoms with Crippen molar-refractivity contribution in [1.29, 1.82) is 0 Å². The van der Waals surface area contributed by atoms with Crippen molar-refractivity contribution in [2.45, 2.75) is 24.7 Å². The van der Waals surface area contributed by atoms with Crippen molar-refractivity contribution in [3.63, 3.8) is 0 Å². The standard InChI is InChI=1S/C40H42N4O5/c1-28(45)38(41-39(46)29-11-17-33(18-12-29)42-43-34-19-21-35(22-20-34)44(2)3)27-49-40(30-9-7-6-8-10-30,31-13-23-36(47-4)24-14-31)32-15-25-37(48-5)26-16-32/h6-26,28,38,45H,27H2,1-5H3,(H,41,46)/t28-,38-/m0/s1. The first-order valence-electron chi connectivity index (χ1n) is 16.0. The van der Waals surface area contributed by atoms with Crippen LogP contribution in [0.2, 0.25) is 0 Å². The van der Waals surface area contributed by atoms with Crippen molar-refractivity contribution < 1.29 is 24.1 Å². The van der Waals surface area contributed by atoms with Gasteiger partial charge in [0.2, 0.25) is 0 Å². The van der Waals surface area contributed by atoms with Gasteiger partial charge in [0.25, 0.3) is 5.91 Å². The fraction of sp³-hybridized carbons (Fsp3) is 0.225. The number of benzene rings is 5. The summed E-state index contributed by atoms with van der Waals surface area (Å²) in [5.41, 5.74) is 4.29. The van der Waals surface area contributed by atoms with Crippen LogP contribution in [-0.2, 0) is 10.3 Å². The number of rotatable bonds is 14. The van der Waals surface area contributed by atoms with Crippen LogP contribution in [0.5, 0.6) is 11.5 Å². The van der Waals surface area contributed by atoms with Crippen LogP contribution in [0.25, 0.3) is 0 Å². The molecule has 0 radical (unpaired) electrons. The van der Waals surface area contributed by atoms with E-state index >= 15 is 0 Å². The number of aliphatic hydroxyl groups excluding tert-OH is 1. The van der Waals surface area contributed by atoms with Gasteiger partial charge in [0.1, 0.15) is 17.1 Å². The van der Waals surface area contributed by atoms with E-state index < -0.39 is 17.7 Å². The number of hydrogen-bond acceptors (Lipinski definition) is 8. The van der Waals surface area contributed by atoms with Crippen LogP contribution < -0.4 is 19.7 Å². The van der Waals surface area contributed by atoms with Gasteiger partial charge in [-0.1, -0.05) is 54.6 Å². The third kappa shape index (κ3) is 8.32. The number of ether oxygens (including phenoxy) is 3. The van der Waals surface area contributed by atoms with Crippen LogP contribution in [0.4, 0.5) is 17.1 Å². The third-order valence-electron chi connectivity index (χ3n) is 8.33. The van der Waals surface area contributed by atoms with Gasteiger partial charge in [-0.15, -0.1) is 0 Å². The minimum absolute atomic E-state index is 0.00469. The monoisotopic (exact) mass is 658 g/mol. The molecule has 5 aromatic rings. The molecule has 5 rings (SSSR count). The second-order valence-corrected chi connectivity index (χ2v) is 11.8. The minimum Gasteiger partial charge on any atom is -0.497 e. The first kappa shape index (κ1) is 34.8. The zero-order valence-corrected chi connectivity index (χ0v) is 28.4. The Morgan fingerprint density at radius 1 is 0.714 bits per heavy atom. The van der Waals surface area contributed by atoms with Crippen molar-refractivity contribution in [3.05, 3.63) is 150 Å². The fourth-order valence-electron chi connectivity index (χ4n) is 5.45. The number of carbonyl (C=O) groups is 1. The number of anilines is 1. The molecule has 1 amide bonds. The maximum absolute atomic E-state index is 13.4. The molecule has 0 aliphatic heterocycles. The number of azo groups is 1. The SMILES string of the molecule is COc1ccc(C(OC[C@H](NC(=O)c2ccc(N=Nc3ccc(N(C)C)cc3)cc2)[C@H](C)O)(c2ccccc2)c2ccc(OC)cc2)cc1.